The van der Waals surface area contributed by atoms with E-state index in [1.165, 1.54) is 0 Å². The molecule has 0 aromatic rings. The third-order valence-corrected chi connectivity index (χ3v) is 4.72. The van der Waals surface area contributed by atoms with E-state index >= 15 is 0 Å². The summed E-state index contributed by atoms with van der Waals surface area (Å²) in [4.78, 5) is 47.1. The monoisotopic (exact) mass is 417 g/mol. The van der Waals surface area contributed by atoms with Gasteiger partial charge in [0.1, 0.15) is 5.54 Å². The zero-order valence-electron chi connectivity index (χ0n) is 16.9. The van der Waals surface area contributed by atoms with Crippen molar-refractivity contribution in [3.05, 3.63) is 0 Å². The fourth-order valence-electron chi connectivity index (χ4n) is 3.52. The predicted octanol–water partition coefficient (Wildman–Crippen LogP) is 1.46. The normalized spacial score (nSPS) is 27.1. The average molecular weight is 417 g/mol. The Hall–Kier alpha value is -2.56. The highest BCUT2D eigenvalue weighted by Crippen LogP contribution is 2.62. The van der Waals surface area contributed by atoms with Crippen LogP contribution in [0.15, 0.2) is 0 Å². The van der Waals surface area contributed by atoms with Gasteiger partial charge in [-0.15, -0.1) is 0 Å². The number of esters is 2. The van der Waals surface area contributed by atoms with Crippen molar-refractivity contribution in [3.63, 3.8) is 0 Å². The number of rotatable bonds is 8. The van der Waals surface area contributed by atoms with Crippen LogP contribution >= 0.6 is 0 Å². The summed E-state index contributed by atoms with van der Waals surface area (Å²) < 4.78 is 28.6. The Labute approximate surface area is 168 Å². The van der Waals surface area contributed by atoms with E-state index < -0.39 is 55.2 Å². The highest BCUT2D eigenvalue weighted by molar-refractivity contribution is 5.87. The molecule has 4 atom stereocenters. The first-order valence-corrected chi connectivity index (χ1v) is 9.35. The van der Waals surface area contributed by atoms with Gasteiger partial charge in [0.15, 0.2) is 0 Å². The van der Waals surface area contributed by atoms with E-state index in [-0.39, 0.29) is 18.1 Å². The van der Waals surface area contributed by atoms with Crippen molar-refractivity contribution in [1.29, 1.82) is 0 Å². The Kier molecular flexibility index (Phi) is 7.28. The van der Waals surface area contributed by atoms with Crippen molar-refractivity contribution >= 4 is 24.2 Å². The molecular formula is C18H27NO10. The molecule has 2 saturated carbocycles. The van der Waals surface area contributed by atoms with E-state index in [0.29, 0.717) is 12.8 Å². The van der Waals surface area contributed by atoms with Crippen molar-refractivity contribution in [3.8, 4) is 0 Å². The van der Waals surface area contributed by atoms with E-state index in [9.17, 15) is 19.2 Å². The molecule has 0 aliphatic heterocycles. The van der Waals surface area contributed by atoms with Crippen LogP contribution in [0.1, 0.15) is 40.5 Å². The molecule has 164 valence electrons. The topological polar surface area (TPSA) is 150 Å². The lowest BCUT2D eigenvalue weighted by atomic mass is 9.91. The zero-order chi connectivity index (χ0) is 21.8. The van der Waals surface area contributed by atoms with Gasteiger partial charge in [0, 0.05) is 5.92 Å². The number of nitrogens with two attached hydrogens (primary N) is 1. The van der Waals surface area contributed by atoms with Crippen LogP contribution in [-0.2, 0) is 38.0 Å². The second-order valence-electron chi connectivity index (χ2n) is 7.55. The van der Waals surface area contributed by atoms with Crippen LogP contribution in [0.25, 0.3) is 0 Å². The largest absolute Gasteiger partial charge is 0.511 e. The molecule has 0 radical (unpaired) electrons. The molecule has 11 nitrogen and oxygen atoms in total. The van der Waals surface area contributed by atoms with Crippen LogP contribution in [0, 0.1) is 17.8 Å². The maximum Gasteiger partial charge on any atom is 0.511 e. The number of hydrogen-bond acceptors (Lipinski definition) is 11. The molecule has 0 aromatic heterocycles. The van der Waals surface area contributed by atoms with Gasteiger partial charge in [0.05, 0.1) is 18.1 Å². The lowest BCUT2D eigenvalue weighted by Crippen LogP contribution is -2.51. The smallest absolute Gasteiger partial charge is 0.431 e. The van der Waals surface area contributed by atoms with E-state index in [0.717, 1.165) is 0 Å². The minimum Gasteiger partial charge on any atom is -0.431 e. The minimum atomic E-state index is -1.38. The fraction of sp³-hybridized carbons (Fsp3) is 0.778. The maximum atomic E-state index is 12.4. The molecule has 2 N–H and O–H groups in total. The first-order chi connectivity index (χ1) is 13.6. The summed E-state index contributed by atoms with van der Waals surface area (Å²) in [6.45, 7) is 5.36. The fourth-order valence-corrected chi connectivity index (χ4v) is 3.52. The molecule has 0 bridgehead atoms. The maximum absolute atomic E-state index is 12.4. The summed E-state index contributed by atoms with van der Waals surface area (Å²) in [5, 5.41) is 0. The molecule has 29 heavy (non-hydrogen) atoms. The second kappa shape index (κ2) is 9.29. The molecule has 11 heteroatoms. The van der Waals surface area contributed by atoms with Crippen LogP contribution in [0.3, 0.4) is 0 Å². The Morgan fingerprint density at radius 1 is 0.897 bits per heavy atom. The van der Waals surface area contributed by atoms with Crippen LogP contribution < -0.4 is 5.73 Å². The summed E-state index contributed by atoms with van der Waals surface area (Å²) in [5.74, 6) is -2.54. The van der Waals surface area contributed by atoms with Crippen LogP contribution in [-0.4, -0.2) is 55.6 Å². The SMILES string of the molecule is CC(C)OC(=O)OCOC(=O)[C@H]1[C@@H]2CC[C@@](N)(C(=O)OCOC(=O)OC(C)C)[C@@H]21. The van der Waals surface area contributed by atoms with Crippen LogP contribution in [0.4, 0.5) is 9.59 Å². The molecule has 0 aromatic carbocycles. The summed E-state index contributed by atoms with van der Waals surface area (Å²) in [6.07, 6.45) is -1.77. The molecule has 2 fully saturated rings. The molecule has 0 unspecified atom stereocenters. The van der Waals surface area contributed by atoms with Gasteiger partial charge in [0.2, 0.25) is 13.6 Å². The first-order valence-electron chi connectivity index (χ1n) is 9.35. The zero-order valence-corrected chi connectivity index (χ0v) is 16.9. The van der Waals surface area contributed by atoms with E-state index in [1.807, 2.05) is 0 Å². The third kappa shape index (κ3) is 5.72. The van der Waals surface area contributed by atoms with Gasteiger partial charge in [-0.1, -0.05) is 0 Å². The molecule has 0 spiro atoms. The lowest BCUT2D eigenvalue weighted by molar-refractivity contribution is -0.162. The molecule has 2 aliphatic rings. The van der Waals surface area contributed by atoms with Crippen LogP contribution in [0.5, 0.6) is 0 Å². The number of ether oxygens (including phenoxy) is 6. The van der Waals surface area contributed by atoms with Crippen LogP contribution in [0.2, 0.25) is 0 Å². The van der Waals surface area contributed by atoms with Gasteiger partial charge in [-0.05, 0) is 46.5 Å². The van der Waals surface area contributed by atoms with E-state index in [2.05, 4.69) is 9.47 Å². The molecule has 2 rings (SSSR count). The Morgan fingerprint density at radius 2 is 1.41 bits per heavy atom. The van der Waals surface area contributed by atoms with Crippen molar-refractivity contribution in [2.75, 3.05) is 13.6 Å². The van der Waals surface area contributed by atoms with E-state index in [1.54, 1.807) is 27.7 Å². The number of carbonyl (C=O) groups excluding carboxylic acids is 4. The lowest BCUT2D eigenvalue weighted by Gasteiger charge is -2.24. The summed E-state index contributed by atoms with van der Waals surface area (Å²) in [5.41, 5.74) is 4.81. The van der Waals surface area contributed by atoms with Gasteiger partial charge in [-0.3, -0.25) is 4.79 Å². The average Bonchev–Trinajstić information content (AvgIpc) is 3.24. The van der Waals surface area contributed by atoms with Crippen molar-refractivity contribution in [1.82, 2.24) is 0 Å². The highest BCUT2D eigenvalue weighted by Gasteiger charge is 2.70. The Morgan fingerprint density at radius 3 is 1.93 bits per heavy atom. The number of hydrogen-bond donors (Lipinski definition) is 1. The van der Waals surface area contributed by atoms with Gasteiger partial charge in [0.25, 0.3) is 0 Å². The molecule has 2 aliphatic carbocycles. The standard InChI is InChI=1S/C18H27NO10/c1-9(2)28-16(22)26-7-24-14(20)12-11-5-6-18(19,13(11)12)15(21)25-8-27-17(23)29-10(3)4/h9-13H,5-8,19H2,1-4H3/t11-,12-,13-,18-/m0/s1. The van der Waals surface area contributed by atoms with Gasteiger partial charge in [-0.25, -0.2) is 14.4 Å². The number of carbonyl (C=O) groups is 4. The Balaban J connectivity index is 1.76. The minimum absolute atomic E-state index is 0.116. The van der Waals surface area contributed by atoms with Gasteiger partial charge >= 0.3 is 24.2 Å². The summed E-state index contributed by atoms with van der Waals surface area (Å²) >= 11 is 0. The molecule has 0 amide bonds. The number of fused-ring (bicyclic) bond motifs is 1. The third-order valence-electron chi connectivity index (χ3n) is 4.72. The van der Waals surface area contributed by atoms with Gasteiger partial charge < -0.3 is 34.2 Å². The van der Waals surface area contributed by atoms with Gasteiger partial charge in [-0.2, -0.15) is 0 Å². The van der Waals surface area contributed by atoms with Crippen molar-refractivity contribution in [2.24, 2.45) is 23.5 Å². The summed E-state index contributed by atoms with van der Waals surface area (Å²) in [6, 6.07) is 0. The molecule has 0 saturated heterocycles. The molecular weight excluding hydrogens is 390 g/mol. The predicted molar refractivity (Wildman–Crippen MR) is 93.9 cm³/mol. The highest BCUT2D eigenvalue weighted by atomic mass is 16.8. The van der Waals surface area contributed by atoms with Crippen molar-refractivity contribution in [2.45, 2.75) is 58.3 Å². The summed E-state index contributed by atoms with van der Waals surface area (Å²) in [7, 11) is 0. The molecule has 0 heterocycles. The van der Waals surface area contributed by atoms with E-state index in [4.69, 9.17) is 24.7 Å². The first kappa shape index (κ1) is 22.7. The quantitative estimate of drug-likeness (QED) is 0.347. The van der Waals surface area contributed by atoms with Crippen molar-refractivity contribution < 1.29 is 47.6 Å². The Bertz CT molecular complexity index is 649. The second-order valence-corrected chi connectivity index (χ2v) is 7.55.